The van der Waals surface area contributed by atoms with Gasteiger partial charge in [-0.3, -0.25) is 18.6 Å². The average molecular weight is 925 g/mol. The van der Waals surface area contributed by atoms with Crippen molar-refractivity contribution in [1.29, 1.82) is 0 Å². The summed E-state index contributed by atoms with van der Waals surface area (Å²) in [7, 11) is -5.15. The van der Waals surface area contributed by atoms with Crippen molar-refractivity contribution in [3.8, 4) is 0 Å². The first-order valence-electron chi connectivity index (χ1n) is 23.5. The maximum atomic E-state index is 12.8. The van der Waals surface area contributed by atoms with Crippen LogP contribution < -0.4 is 0 Å². The molecule has 1 saturated carbocycles. The first-order valence-corrected chi connectivity index (χ1v) is 25.0. The number of aliphatic hydroxyl groups excluding tert-OH is 6. The molecule has 1 aliphatic carbocycles. The Morgan fingerprint density at radius 3 is 1.61 bits per heavy atom. The maximum absolute atomic E-state index is 12.8. The Labute approximate surface area is 382 Å². The number of hydrogen-bond acceptors (Lipinski definition) is 13. The summed E-state index contributed by atoms with van der Waals surface area (Å²) >= 11 is 0. The number of carbonyl (C=O) groups is 2. The number of aliphatic hydroxyl groups is 6. The van der Waals surface area contributed by atoms with Crippen LogP contribution in [0.1, 0.15) is 149 Å². The normalized spacial score (nSPS) is 22.8. The molecule has 0 aromatic rings. The number of carbonyl (C=O) groups excluding carboxylic acids is 2. The van der Waals surface area contributed by atoms with Crippen molar-refractivity contribution < 1.29 is 68.2 Å². The zero-order valence-electron chi connectivity index (χ0n) is 38.4. The highest BCUT2D eigenvalue weighted by Gasteiger charge is 2.51. The minimum atomic E-state index is -5.15. The summed E-state index contributed by atoms with van der Waals surface area (Å²) in [5.74, 6) is -1.18. The van der Waals surface area contributed by atoms with Crippen molar-refractivity contribution in [2.24, 2.45) is 0 Å². The van der Waals surface area contributed by atoms with Crippen LogP contribution in [0.15, 0.2) is 85.1 Å². The molecule has 0 heterocycles. The number of phosphoric ester groups is 1. The van der Waals surface area contributed by atoms with E-state index in [0.717, 1.165) is 103 Å². The minimum Gasteiger partial charge on any atom is -0.462 e. The SMILES string of the molecule is CC/C=C\C/C=C\C/C=C\C/C=C\CCCCCCCCC(=O)OC[C@H](COP(=O)(O)OC1[C@H](O)[C@H](O)C(O)[C@H](O)[C@H]1O)OC(=O)CCCCCCC/C=C/C=C/C(O)C/C=C/CC. The fourth-order valence-corrected chi connectivity index (χ4v) is 7.52. The van der Waals surface area contributed by atoms with Crippen molar-refractivity contribution in [1.82, 2.24) is 0 Å². The van der Waals surface area contributed by atoms with Crippen molar-refractivity contribution >= 4 is 19.8 Å². The van der Waals surface area contributed by atoms with Gasteiger partial charge in [0.25, 0.3) is 0 Å². The summed E-state index contributed by atoms with van der Waals surface area (Å²) in [6.45, 7) is 2.93. The third kappa shape index (κ3) is 30.2. The Bertz CT molecular complexity index is 1460. The molecule has 0 aromatic heterocycles. The molecule has 4 unspecified atom stereocenters. The molecule has 14 nitrogen and oxygen atoms in total. The first-order chi connectivity index (χ1) is 30.8. The molecule has 0 radical (unpaired) electrons. The van der Waals surface area contributed by atoms with Crippen molar-refractivity contribution in [2.45, 2.75) is 198 Å². The fraction of sp³-hybridized carbons (Fsp3) is 0.673. The number of ether oxygens (including phenoxy) is 2. The lowest BCUT2D eigenvalue weighted by molar-refractivity contribution is -0.220. The van der Waals surface area contributed by atoms with Gasteiger partial charge >= 0.3 is 19.8 Å². The van der Waals surface area contributed by atoms with E-state index >= 15 is 0 Å². The summed E-state index contributed by atoms with van der Waals surface area (Å²) in [5, 5.41) is 60.1. The molecule has 15 heteroatoms. The summed E-state index contributed by atoms with van der Waals surface area (Å²) < 4.78 is 33.5. The van der Waals surface area contributed by atoms with E-state index in [1.165, 1.54) is 0 Å². The lowest BCUT2D eigenvalue weighted by Gasteiger charge is -2.41. The molecule has 0 aliphatic heterocycles. The summed E-state index contributed by atoms with van der Waals surface area (Å²) in [5.41, 5.74) is 0. The molecule has 7 N–H and O–H groups in total. The summed E-state index contributed by atoms with van der Waals surface area (Å²) in [4.78, 5) is 35.7. The highest BCUT2D eigenvalue weighted by molar-refractivity contribution is 7.47. The zero-order chi connectivity index (χ0) is 47.3. The van der Waals surface area contributed by atoms with E-state index < -0.39 is 81.8 Å². The summed E-state index contributed by atoms with van der Waals surface area (Å²) in [6, 6.07) is 0. The van der Waals surface area contributed by atoms with E-state index in [-0.39, 0.29) is 12.8 Å². The van der Waals surface area contributed by atoms with Crippen LogP contribution in [-0.2, 0) is 32.7 Å². The Morgan fingerprint density at radius 1 is 0.562 bits per heavy atom. The molecule has 0 bridgehead atoms. The van der Waals surface area contributed by atoms with Gasteiger partial charge in [0, 0.05) is 12.8 Å². The van der Waals surface area contributed by atoms with Gasteiger partial charge in [-0.05, 0) is 77.0 Å². The van der Waals surface area contributed by atoms with E-state index in [4.69, 9.17) is 18.5 Å². The maximum Gasteiger partial charge on any atom is 0.472 e. The number of rotatable bonds is 37. The minimum absolute atomic E-state index is 0.0419. The van der Waals surface area contributed by atoms with Crippen LogP contribution in [0.4, 0.5) is 0 Å². The molecule has 0 aromatic carbocycles. The molecular weight excluding hydrogens is 843 g/mol. The molecule has 0 saturated heterocycles. The van der Waals surface area contributed by atoms with Gasteiger partial charge in [0.1, 0.15) is 43.2 Å². The smallest absolute Gasteiger partial charge is 0.462 e. The highest BCUT2D eigenvalue weighted by atomic mass is 31.2. The van der Waals surface area contributed by atoms with Gasteiger partial charge in [-0.25, -0.2) is 4.57 Å². The van der Waals surface area contributed by atoms with Crippen LogP contribution in [0, 0.1) is 0 Å². The number of esters is 2. The van der Waals surface area contributed by atoms with Gasteiger partial charge in [-0.1, -0.05) is 144 Å². The topological polar surface area (TPSA) is 230 Å². The quantitative estimate of drug-likeness (QED) is 0.0102. The van der Waals surface area contributed by atoms with Crippen LogP contribution >= 0.6 is 7.82 Å². The zero-order valence-corrected chi connectivity index (χ0v) is 39.3. The number of phosphoric acid groups is 1. The van der Waals surface area contributed by atoms with Crippen LogP contribution in [0.5, 0.6) is 0 Å². The fourth-order valence-electron chi connectivity index (χ4n) is 6.55. The Kier molecular flexibility index (Phi) is 35.2. The second-order valence-corrected chi connectivity index (χ2v) is 17.5. The lowest BCUT2D eigenvalue weighted by atomic mass is 9.85. The van der Waals surface area contributed by atoms with E-state index in [9.17, 15) is 49.7 Å². The van der Waals surface area contributed by atoms with Gasteiger partial charge in [0.2, 0.25) is 0 Å². The number of allylic oxidation sites excluding steroid dienone is 12. The van der Waals surface area contributed by atoms with Crippen LogP contribution in [0.3, 0.4) is 0 Å². The van der Waals surface area contributed by atoms with E-state index in [2.05, 4.69) is 55.5 Å². The first kappa shape index (κ1) is 59.0. The Morgan fingerprint density at radius 2 is 1.03 bits per heavy atom. The van der Waals surface area contributed by atoms with E-state index in [1.807, 2.05) is 37.3 Å². The third-order valence-corrected chi connectivity index (χ3v) is 11.3. The van der Waals surface area contributed by atoms with Crippen molar-refractivity contribution in [3.63, 3.8) is 0 Å². The summed E-state index contributed by atoms with van der Waals surface area (Å²) in [6.07, 6.45) is 32.4. The second kappa shape index (κ2) is 38.1. The molecule has 0 spiro atoms. The second-order valence-electron chi connectivity index (χ2n) is 16.0. The standard InChI is InChI=1S/C49H81O14P/c1-3-5-7-8-9-10-11-12-13-14-15-16-17-18-19-22-25-28-32-36-42(51)60-38-41(39-61-64(58,59)63-49-47(56)45(54)44(53)46(55)48(49)57)62-43(52)37-33-29-26-23-20-21-24-27-31-35-40(50)34-30-6-4-2/h5-7,9-10,12-13,15-16,24,27,30-31,35,40-41,44-50,53-57H,3-4,8,11,14,17-23,25-26,28-29,32-34,36-39H2,1-2H3,(H,58,59)/b7-5-,10-9-,13-12-,16-15-,27-24+,30-6+,35-31+/t40?,41-,44?,45-,46+,47-,48-,49?/m1/s1. The highest BCUT2D eigenvalue weighted by Crippen LogP contribution is 2.47. The van der Waals surface area contributed by atoms with Crippen LogP contribution in [0.2, 0.25) is 0 Å². The van der Waals surface area contributed by atoms with Gasteiger partial charge in [-0.2, -0.15) is 0 Å². The third-order valence-electron chi connectivity index (χ3n) is 10.3. The van der Waals surface area contributed by atoms with Gasteiger partial charge in [0.05, 0.1) is 12.7 Å². The van der Waals surface area contributed by atoms with Crippen LogP contribution in [0.25, 0.3) is 0 Å². The molecule has 1 aliphatic rings. The molecule has 0 amide bonds. The van der Waals surface area contributed by atoms with Crippen LogP contribution in [-0.4, -0.2) is 110 Å². The predicted octanol–water partition coefficient (Wildman–Crippen LogP) is 8.25. The molecule has 366 valence electrons. The van der Waals surface area contributed by atoms with Gasteiger partial charge in [-0.15, -0.1) is 0 Å². The molecule has 1 rings (SSSR count). The van der Waals surface area contributed by atoms with E-state index in [0.29, 0.717) is 19.3 Å². The average Bonchev–Trinajstić information content (AvgIpc) is 3.27. The van der Waals surface area contributed by atoms with Crippen molar-refractivity contribution in [3.05, 3.63) is 85.1 Å². The van der Waals surface area contributed by atoms with Crippen molar-refractivity contribution in [2.75, 3.05) is 13.2 Å². The largest absolute Gasteiger partial charge is 0.472 e. The van der Waals surface area contributed by atoms with Gasteiger partial charge < -0.3 is 45.0 Å². The molecule has 1 fully saturated rings. The molecule has 64 heavy (non-hydrogen) atoms. The number of hydrogen-bond donors (Lipinski definition) is 7. The molecular formula is C49H81O14P. The lowest BCUT2D eigenvalue weighted by Crippen LogP contribution is -2.64. The molecule has 9 atom stereocenters. The Hall–Kier alpha value is -3.01. The predicted molar refractivity (Wildman–Crippen MR) is 250 cm³/mol. The number of unbranched alkanes of at least 4 members (excludes halogenated alkanes) is 11. The Balaban J connectivity index is 2.49. The van der Waals surface area contributed by atoms with Gasteiger partial charge in [0.15, 0.2) is 6.10 Å². The van der Waals surface area contributed by atoms with E-state index in [1.54, 1.807) is 6.08 Å². The monoisotopic (exact) mass is 925 g/mol.